The lowest BCUT2D eigenvalue weighted by atomic mass is 9.49. The maximum atomic E-state index is 6.32. The van der Waals surface area contributed by atoms with E-state index in [2.05, 4.69) is 27.8 Å². The Morgan fingerprint density at radius 2 is 1.74 bits per heavy atom. The maximum absolute atomic E-state index is 6.32. The van der Waals surface area contributed by atoms with Crippen LogP contribution in [0.25, 0.3) is 0 Å². The molecule has 0 aliphatic heterocycles. The van der Waals surface area contributed by atoms with Crippen molar-refractivity contribution in [3.63, 3.8) is 0 Å². The molecule has 4 aliphatic carbocycles. The van der Waals surface area contributed by atoms with Gasteiger partial charge in [-0.2, -0.15) is 0 Å². The number of benzene rings is 1. The summed E-state index contributed by atoms with van der Waals surface area (Å²) in [6.07, 6.45) is 9.91. The Bertz CT molecular complexity index is 795. The molecule has 0 unspecified atom stereocenters. The van der Waals surface area contributed by atoms with Crippen LogP contribution in [0.2, 0.25) is 5.02 Å². The van der Waals surface area contributed by atoms with Gasteiger partial charge in [-0.05, 0) is 80.2 Å². The fourth-order valence-electron chi connectivity index (χ4n) is 6.47. The van der Waals surface area contributed by atoms with E-state index in [4.69, 9.17) is 11.6 Å². The molecule has 144 valence electrons. The molecule has 0 amide bonds. The molecule has 27 heavy (non-hydrogen) atoms. The van der Waals surface area contributed by atoms with E-state index in [-0.39, 0.29) is 0 Å². The molecule has 0 N–H and O–H groups in total. The van der Waals surface area contributed by atoms with E-state index < -0.39 is 0 Å². The van der Waals surface area contributed by atoms with Gasteiger partial charge in [-0.15, -0.1) is 10.2 Å². The predicted molar refractivity (Wildman–Crippen MR) is 111 cm³/mol. The summed E-state index contributed by atoms with van der Waals surface area (Å²) in [7, 11) is 0. The van der Waals surface area contributed by atoms with Crippen molar-refractivity contribution in [2.45, 2.75) is 69.3 Å². The van der Waals surface area contributed by atoms with Crippen molar-refractivity contribution in [2.24, 2.45) is 23.2 Å². The molecule has 0 saturated heterocycles. The molecule has 4 saturated carbocycles. The second-order valence-corrected chi connectivity index (χ2v) is 10.5. The molecule has 1 heterocycles. The van der Waals surface area contributed by atoms with Crippen LogP contribution in [0.3, 0.4) is 0 Å². The van der Waals surface area contributed by atoms with E-state index in [0.717, 1.165) is 52.2 Å². The van der Waals surface area contributed by atoms with Crippen LogP contribution in [0.15, 0.2) is 29.4 Å². The molecule has 1 aromatic heterocycles. The van der Waals surface area contributed by atoms with Crippen LogP contribution in [0.5, 0.6) is 0 Å². The Hall–Kier alpha value is -1.00. The third-order valence-electron chi connectivity index (χ3n) is 7.12. The number of halogens is 1. The summed E-state index contributed by atoms with van der Waals surface area (Å²) >= 11 is 8.07. The summed E-state index contributed by atoms with van der Waals surface area (Å²) in [6, 6.07) is 8.08. The molecule has 5 heteroatoms. The summed E-state index contributed by atoms with van der Waals surface area (Å²) in [5, 5.41) is 11.1. The highest BCUT2D eigenvalue weighted by molar-refractivity contribution is 7.98. The summed E-state index contributed by atoms with van der Waals surface area (Å²) < 4.78 is 2.35. The fraction of sp³-hybridized carbons (Fsp3) is 0.636. The lowest BCUT2D eigenvalue weighted by Crippen LogP contribution is -2.47. The van der Waals surface area contributed by atoms with E-state index in [1.807, 2.05) is 18.2 Å². The van der Waals surface area contributed by atoms with Gasteiger partial charge in [-0.3, -0.25) is 0 Å². The first-order chi connectivity index (χ1) is 13.1. The van der Waals surface area contributed by atoms with Crippen molar-refractivity contribution in [3.8, 4) is 0 Å². The van der Waals surface area contributed by atoms with Crippen LogP contribution in [0.1, 0.15) is 56.8 Å². The molecule has 3 nitrogen and oxygen atoms in total. The number of rotatable bonds is 6. The average Bonchev–Trinajstić information content (AvgIpc) is 3.00. The minimum absolute atomic E-state index is 0.513. The van der Waals surface area contributed by atoms with Crippen molar-refractivity contribution in [1.29, 1.82) is 0 Å². The molecule has 0 radical (unpaired) electrons. The summed E-state index contributed by atoms with van der Waals surface area (Å²) in [5.74, 6) is 5.02. The monoisotopic (exact) mass is 401 g/mol. The number of aromatic nitrogens is 3. The first kappa shape index (κ1) is 18.1. The van der Waals surface area contributed by atoms with E-state index in [1.54, 1.807) is 11.8 Å². The molecule has 6 rings (SSSR count). The molecule has 4 fully saturated rings. The third kappa shape index (κ3) is 3.44. The minimum atomic E-state index is 0.513. The number of hydrogen-bond acceptors (Lipinski definition) is 3. The van der Waals surface area contributed by atoms with Gasteiger partial charge < -0.3 is 4.57 Å². The zero-order chi connectivity index (χ0) is 18.4. The van der Waals surface area contributed by atoms with Gasteiger partial charge in [0, 0.05) is 23.7 Å². The van der Waals surface area contributed by atoms with Gasteiger partial charge in [0.1, 0.15) is 5.82 Å². The van der Waals surface area contributed by atoms with Gasteiger partial charge >= 0.3 is 0 Å². The normalized spacial score (nSPS) is 31.6. The Balaban J connectivity index is 1.33. The average molecular weight is 402 g/mol. The van der Waals surface area contributed by atoms with Crippen molar-refractivity contribution < 1.29 is 0 Å². The van der Waals surface area contributed by atoms with Crippen molar-refractivity contribution in [1.82, 2.24) is 14.8 Å². The van der Waals surface area contributed by atoms with Crippen molar-refractivity contribution >= 4 is 23.4 Å². The smallest absolute Gasteiger partial charge is 0.191 e. The first-order valence-corrected chi connectivity index (χ1v) is 11.8. The molecule has 0 atom stereocenters. The molecular formula is C22H28ClN3S. The van der Waals surface area contributed by atoms with E-state index in [0.29, 0.717) is 5.41 Å². The van der Waals surface area contributed by atoms with Gasteiger partial charge in [0.15, 0.2) is 5.16 Å². The SMILES string of the molecule is CCn1c(CC23CC4CC(CC(C4)C2)C3)nnc1SCc1ccccc1Cl. The topological polar surface area (TPSA) is 30.7 Å². The largest absolute Gasteiger partial charge is 0.306 e. The van der Waals surface area contributed by atoms with Crippen LogP contribution in [0, 0.1) is 23.2 Å². The molecule has 4 aliphatic rings. The number of nitrogens with zero attached hydrogens (tertiary/aromatic N) is 3. The quantitative estimate of drug-likeness (QED) is 0.556. The zero-order valence-electron chi connectivity index (χ0n) is 16.0. The number of thioether (sulfide) groups is 1. The highest BCUT2D eigenvalue weighted by atomic mass is 35.5. The molecule has 0 spiro atoms. The first-order valence-electron chi connectivity index (χ1n) is 10.4. The fourth-order valence-corrected chi connectivity index (χ4v) is 7.78. The lowest BCUT2D eigenvalue weighted by molar-refractivity contribution is -0.0536. The number of hydrogen-bond donors (Lipinski definition) is 0. The summed E-state index contributed by atoms with van der Waals surface area (Å²) in [6.45, 7) is 3.16. The van der Waals surface area contributed by atoms with Crippen molar-refractivity contribution in [2.75, 3.05) is 0 Å². The van der Waals surface area contributed by atoms with E-state index in [1.165, 1.54) is 44.3 Å². The van der Waals surface area contributed by atoms with Crippen LogP contribution in [-0.4, -0.2) is 14.8 Å². The minimum Gasteiger partial charge on any atom is -0.306 e. The standard InChI is InChI=1S/C22H28ClN3S/c1-2-26-20(13-22-10-15-7-16(11-22)9-17(8-15)12-22)24-25-21(26)27-14-18-5-3-4-6-19(18)23/h3-6,15-17H,2,7-14H2,1H3. The van der Waals surface area contributed by atoms with Gasteiger partial charge in [-0.25, -0.2) is 0 Å². The van der Waals surface area contributed by atoms with Gasteiger partial charge in [0.2, 0.25) is 0 Å². The lowest BCUT2D eigenvalue weighted by Gasteiger charge is -2.56. The van der Waals surface area contributed by atoms with Crippen LogP contribution >= 0.6 is 23.4 Å². The van der Waals surface area contributed by atoms with Crippen LogP contribution in [0.4, 0.5) is 0 Å². The Labute approximate surface area is 171 Å². The van der Waals surface area contributed by atoms with Crippen LogP contribution < -0.4 is 0 Å². The van der Waals surface area contributed by atoms with Gasteiger partial charge in [0.25, 0.3) is 0 Å². The molecule has 4 bridgehead atoms. The highest BCUT2D eigenvalue weighted by Gasteiger charge is 2.51. The second-order valence-electron chi connectivity index (χ2n) is 9.12. The Kier molecular flexibility index (Phi) is 4.76. The Morgan fingerprint density at radius 3 is 2.37 bits per heavy atom. The van der Waals surface area contributed by atoms with Crippen LogP contribution in [-0.2, 0) is 18.7 Å². The van der Waals surface area contributed by atoms with E-state index >= 15 is 0 Å². The zero-order valence-corrected chi connectivity index (χ0v) is 17.6. The maximum Gasteiger partial charge on any atom is 0.191 e. The van der Waals surface area contributed by atoms with Gasteiger partial charge in [-0.1, -0.05) is 41.6 Å². The summed E-state index contributed by atoms with van der Waals surface area (Å²) in [5.41, 5.74) is 1.68. The predicted octanol–water partition coefficient (Wildman–Crippen LogP) is 6.00. The van der Waals surface area contributed by atoms with Gasteiger partial charge in [0.05, 0.1) is 0 Å². The van der Waals surface area contributed by atoms with E-state index in [9.17, 15) is 0 Å². The Morgan fingerprint density at radius 1 is 1.07 bits per heavy atom. The summed E-state index contributed by atoms with van der Waals surface area (Å²) in [4.78, 5) is 0. The highest BCUT2D eigenvalue weighted by Crippen LogP contribution is 2.61. The molecule has 2 aromatic rings. The third-order valence-corrected chi connectivity index (χ3v) is 8.51. The molecule has 1 aromatic carbocycles. The van der Waals surface area contributed by atoms with Crippen molar-refractivity contribution in [3.05, 3.63) is 40.7 Å². The molecular weight excluding hydrogens is 374 g/mol. The second kappa shape index (κ2) is 7.11.